The van der Waals surface area contributed by atoms with E-state index in [4.69, 9.17) is 27.9 Å². The van der Waals surface area contributed by atoms with Crippen LogP contribution < -0.4 is 10.1 Å². The Bertz CT molecular complexity index is 977. The van der Waals surface area contributed by atoms with Crippen molar-refractivity contribution in [3.05, 3.63) is 52.5 Å². The minimum atomic E-state index is -0.162. The van der Waals surface area contributed by atoms with Crippen molar-refractivity contribution in [3.8, 4) is 17.1 Å². The summed E-state index contributed by atoms with van der Waals surface area (Å²) in [5, 5.41) is 13.1. The minimum Gasteiger partial charge on any atom is -0.495 e. The highest BCUT2D eigenvalue weighted by atomic mass is 35.5. The van der Waals surface area contributed by atoms with E-state index in [0.29, 0.717) is 33.2 Å². The number of nitrogens with one attached hydrogen (secondary N) is 1. The van der Waals surface area contributed by atoms with Gasteiger partial charge in [0.15, 0.2) is 11.0 Å². The van der Waals surface area contributed by atoms with Crippen LogP contribution >= 0.6 is 35.0 Å². The lowest BCUT2D eigenvalue weighted by Gasteiger charge is -2.09. The number of carbonyl (C=O) groups excluding carboxylic acids is 1. The molecule has 1 heterocycles. The Hall–Kier alpha value is -2.22. The molecule has 3 aromatic rings. The monoisotopic (exact) mass is 436 g/mol. The first-order valence-electron chi connectivity index (χ1n) is 8.47. The van der Waals surface area contributed by atoms with Crippen LogP contribution in [0.1, 0.15) is 6.92 Å². The van der Waals surface area contributed by atoms with Gasteiger partial charge in [-0.2, -0.15) is 0 Å². The van der Waals surface area contributed by atoms with Gasteiger partial charge in [0.1, 0.15) is 5.75 Å². The molecule has 1 aromatic heterocycles. The summed E-state index contributed by atoms with van der Waals surface area (Å²) in [5.41, 5.74) is 1.53. The van der Waals surface area contributed by atoms with Gasteiger partial charge < -0.3 is 14.6 Å². The van der Waals surface area contributed by atoms with E-state index in [1.165, 1.54) is 18.9 Å². The van der Waals surface area contributed by atoms with Crippen LogP contribution in [0.3, 0.4) is 0 Å². The van der Waals surface area contributed by atoms with Crippen LogP contribution in [-0.4, -0.2) is 33.5 Å². The largest absolute Gasteiger partial charge is 0.495 e. The number of aromatic nitrogens is 3. The van der Waals surface area contributed by atoms with Crippen LogP contribution in [0.25, 0.3) is 11.4 Å². The van der Waals surface area contributed by atoms with E-state index in [1.54, 1.807) is 18.2 Å². The number of thioether (sulfide) groups is 1. The average molecular weight is 437 g/mol. The normalized spacial score (nSPS) is 10.7. The number of hydrogen-bond acceptors (Lipinski definition) is 5. The summed E-state index contributed by atoms with van der Waals surface area (Å²) in [7, 11) is 1.54. The zero-order valence-corrected chi connectivity index (χ0v) is 17.6. The maximum Gasteiger partial charge on any atom is 0.234 e. The standard InChI is InChI=1S/C19H18Cl2N4O2S/c1-3-25-18(12-4-6-13(20)7-5-12)23-24-19(25)28-11-17(26)22-14-8-9-16(27-2)15(21)10-14/h4-10H,3,11H2,1-2H3,(H,22,26). The van der Waals surface area contributed by atoms with Crippen molar-refractivity contribution in [1.29, 1.82) is 0 Å². The summed E-state index contributed by atoms with van der Waals surface area (Å²) in [6.07, 6.45) is 0. The van der Waals surface area contributed by atoms with Gasteiger partial charge in [-0.25, -0.2) is 0 Å². The SMILES string of the molecule is CCn1c(SCC(=O)Nc2ccc(OC)c(Cl)c2)nnc1-c1ccc(Cl)cc1. The molecule has 0 spiro atoms. The lowest BCUT2D eigenvalue weighted by Crippen LogP contribution is -2.14. The first kappa shape index (κ1) is 20.5. The van der Waals surface area contributed by atoms with Crippen molar-refractivity contribution in [1.82, 2.24) is 14.8 Å². The van der Waals surface area contributed by atoms with Crippen molar-refractivity contribution in [3.63, 3.8) is 0 Å². The predicted molar refractivity (Wildman–Crippen MR) is 113 cm³/mol. The molecule has 0 saturated heterocycles. The van der Waals surface area contributed by atoms with Gasteiger partial charge in [0, 0.05) is 22.8 Å². The van der Waals surface area contributed by atoms with Crippen molar-refractivity contribution in [2.75, 3.05) is 18.2 Å². The molecule has 1 N–H and O–H groups in total. The smallest absolute Gasteiger partial charge is 0.234 e. The number of anilines is 1. The lowest BCUT2D eigenvalue weighted by atomic mass is 10.2. The van der Waals surface area contributed by atoms with Crippen molar-refractivity contribution >= 4 is 46.6 Å². The molecule has 3 rings (SSSR count). The molecule has 0 saturated carbocycles. The third-order valence-corrected chi connectivity index (χ3v) is 5.42. The summed E-state index contributed by atoms with van der Waals surface area (Å²) in [4.78, 5) is 12.3. The van der Waals surface area contributed by atoms with Crippen molar-refractivity contribution in [2.24, 2.45) is 0 Å². The molecule has 0 bridgehead atoms. The number of hydrogen-bond donors (Lipinski definition) is 1. The van der Waals surface area contributed by atoms with E-state index >= 15 is 0 Å². The fourth-order valence-electron chi connectivity index (χ4n) is 2.56. The Kier molecular flexibility index (Phi) is 6.83. The molecule has 0 aliphatic heterocycles. The Morgan fingerprint density at radius 3 is 2.57 bits per heavy atom. The van der Waals surface area contributed by atoms with Crippen molar-refractivity contribution < 1.29 is 9.53 Å². The summed E-state index contributed by atoms with van der Waals surface area (Å²) in [6.45, 7) is 2.69. The third-order valence-electron chi connectivity index (χ3n) is 3.90. The van der Waals surface area contributed by atoms with Gasteiger partial charge >= 0.3 is 0 Å². The summed E-state index contributed by atoms with van der Waals surface area (Å²) < 4.78 is 7.07. The predicted octanol–water partition coefficient (Wildman–Crippen LogP) is 5.01. The zero-order chi connectivity index (χ0) is 20.1. The lowest BCUT2D eigenvalue weighted by molar-refractivity contribution is -0.113. The Labute approximate surface area is 177 Å². The Morgan fingerprint density at radius 2 is 1.93 bits per heavy atom. The fourth-order valence-corrected chi connectivity index (χ4v) is 3.75. The number of halogens is 2. The summed E-state index contributed by atoms with van der Waals surface area (Å²) >= 11 is 13.4. The molecule has 9 heteroatoms. The molecule has 0 aliphatic carbocycles. The highest BCUT2D eigenvalue weighted by molar-refractivity contribution is 7.99. The number of amides is 1. The van der Waals surface area contributed by atoms with Gasteiger partial charge in [-0.15, -0.1) is 10.2 Å². The number of nitrogens with zero attached hydrogens (tertiary/aromatic N) is 3. The van der Waals surface area contributed by atoms with E-state index in [0.717, 1.165) is 11.4 Å². The molecule has 28 heavy (non-hydrogen) atoms. The minimum absolute atomic E-state index is 0.162. The first-order valence-corrected chi connectivity index (χ1v) is 10.2. The third kappa shape index (κ3) is 4.79. The van der Waals surface area contributed by atoms with Crippen LogP contribution in [0.2, 0.25) is 10.0 Å². The molecule has 0 atom stereocenters. The first-order chi connectivity index (χ1) is 13.5. The molecule has 0 aliphatic rings. The van der Waals surface area contributed by atoms with E-state index in [9.17, 15) is 4.79 Å². The number of benzene rings is 2. The van der Waals surface area contributed by atoms with Gasteiger partial charge in [-0.05, 0) is 49.4 Å². The highest BCUT2D eigenvalue weighted by Crippen LogP contribution is 2.28. The van der Waals surface area contributed by atoms with Gasteiger partial charge in [0.05, 0.1) is 17.9 Å². The van der Waals surface area contributed by atoms with Gasteiger partial charge in [-0.1, -0.05) is 35.0 Å². The quantitative estimate of drug-likeness (QED) is 0.527. The Morgan fingerprint density at radius 1 is 1.18 bits per heavy atom. The second-order valence-corrected chi connectivity index (χ2v) is 7.53. The molecule has 2 aromatic carbocycles. The van der Waals surface area contributed by atoms with Gasteiger partial charge in [0.25, 0.3) is 0 Å². The molecule has 6 nitrogen and oxygen atoms in total. The van der Waals surface area contributed by atoms with E-state index in [2.05, 4.69) is 15.5 Å². The second kappa shape index (κ2) is 9.32. The topological polar surface area (TPSA) is 69.0 Å². The number of methoxy groups -OCH3 is 1. The molecule has 0 fully saturated rings. The van der Waals surface area contributed by atoms with Crippen molar-refractivity contribution in [2.45, 2.75) is 18.6 Å². The maximum absolute atomic E-state index is 12.3. The average Bonchev–Trinajstić information content (AvgIpc) is 3.10. The molecule has 1 amide bonds. The number of ether oxygens (including phenoxy) is 1. The van der Waals surface area contributed by atoms with Gasteiger partial charge in [-0.3, -0.25) is 4.79 Å². The maximum atomic E-state index is 12.3. The van der Waals surface area contributed by atoms with Crippen LogP contribution in [0.15, 0.2) is 47.6 Å². The molecule has 0 unspecified atom stereocenters. The van der Waals surface area contributed by atoms with Crippen LogP contribution in [-0.2, 0) is 11.3 Å². The highest BCUT2D eigenvalue weighted by Gasteiger charge is 2.15. The van der Waals surface area contributed by atoms with Crippen LogP contribution in [0.5, 0.6) is 5.75 Å². The van der Waals surface area contributed by atoms with E-state index in [1.807, 2.05) is 35.8 Å². The van der Waals surface area contributed by atoms with Crippen LogP contribution in [0.4, 0.5) is 5.69 Å². The van der Waals surface area contributed by atoms with E-state index < -0.39 is 0 Å². The molecular formula is C19H18Cl2N4O2S. The van der Waals surface area contributed by atoms with E-state index in [-0.39, 0.29) is 11.7 Å². The molecule has 146 valence electrons. The molecular weight excluding hydrogens is 419 g/mol. The number of carbonyl (C=O) groups is 1. The second-order valence-electron chi connectivity index (χ2n) is 5.74. The Balaban J connectivity index is 1.66. The van der Waals surface area contributed by atoms with Crippen LogP contribution in [0, 0.1) is 0 Å². The zero-order valence-electron chi connectivity index (χ0n) is 15.3. The summed E-state index contributed by atoms with van der Waals surface area (Å²) in [6, 6.07) is 12.5. The van der Waals surface area contributed by atoms with Gasteiger partial charge in [0.2, 0.25) is 5.91 Å². The molecule has 0 radical (unpaired) electrons. The fraction of sp³-hybridized carbons (Fsp3) is 0.211. The number of rotatable bonds is 7. The summed E-state index contributed by atoms with van der Waals surface area (Å²) in [5.74, 6) is 1.33.